The van der Waals surface area contributed by atoms with E-state index in [1.807, 2.05) is 18.7 Å². The number of aromatic nitrogens is 2. The molecule has 2 heterocycles. The first-order valence-corrected chi connectivity index (χ1v) is 8.70. The summed E-state index contributed by atoms with van der Waals surface area (Å²) < 4.78 is 37.7. The predicted molar refractivity (Wildman–Crippen MR) is 96.8 cm³/mol. The number of aromatic amines is 1. The van der Waals surface area contributed by atoms with Gasteiger partial charge in [0.15, 0.2) is 0 Å². The van der Waals surface area contributed by atoms with E-state index in [-0.39, 0.29) is 12.5 Å². The zero-order chi connectivity index (χ0) is 19.6. The summed E-state index contributed by atoms with van der Waals surface area (Å²) in [6.07, 6.45) is -4.38. The van der Waals surface area contributed by atoms with Crippen molar-refractivity contribution in [3.63, 3.8) is 0 Å². The Bertz CT molecular complexity index is 773. The van der Waals surface area contributed by atoms with Crippen LogP contribution in [0.4, 0.5) is 24.5 Å². The molecule has 0 radical (unpaired) electrons. The molecule has 0 saturated carbocycles. The molecule has 0 aliphatic carbocycles. The lowest BCUT2D eigenvalue weighted by atomic mass is 10.2. The third kappa shape index (κ3) is 4.60. The molecule has 1 saturated heterocycles. The number of benzene rings is 1. The number of carbonyl (C=O) groups excluding carboxylic acids is 1. The maximum absolute atomic E-state index is 12.6. The van der Waals surface area contributed by atoms with E-state index >= 15 is 0 Å². The van der Waals surface area contributed by atoms with Crippen LogP contribution in [0.5, 0.6) is 0 Å². The van der Waals surface area contributed by atoms with E-state index in [4.69, 9.17) is 0 Å². The molecule has 0 bridgehead atoms. The summed E-state index contributed by atoms with van der Waals surface area (Å²) in [7, 11) is 0. The Morgan fingerprint density at radius 3 is 2.30 bits per heavy atom. The van der Waals surface area contributed by atoms with Crippen LogP contribution < -0.4 is 10.2 Å². The Morgan fingerprint density at radius 1 is 1.15 bits per heavy atom. The summed E-state index contributed by atoms with van der Waals surface area (Å²) in [5.41, 5.74) is 2.73. The maximum Gasteiger partial charge on any atom is 0.416 e. The molecular weight excluding hydrogens is 359 g/mol. The second kappa shape index (κ2) is 7.59. The number of hydrogen-bond donors (Lipinski definition) is 2. The van der Waals surface area contributed by atoms with Gasteiger partial charge in [-0.25, -0.2) is 0 Å². The van der Waals surface area contributed by atoms with E-state index in [1.54, 1.807) is 0 Å². The zero-order valence-electron chi connectivity index (χ0n) is 15.2. The zero-order valence-corrected chi connectivity index (χ0v) is 15.2. The molecule has 1 fully saturated rings. The van der Waals surface area contributed by atoms with Crippen LogP contribution in [0.1, 0.15) is 17.0 Å². The molecule has 1 aromatic carbocycles. The van der Waals surface area contributed by atoms with Crippen molar-refractivity contribution in [1.29, 1.82) is 0 Å². The van der Waals surface area contributed by atoms with Gasteiger partial charge < -0.3 is 10.2 Å². The predicted octanol–water partition coefficient (Wildman–Crippen LogP) is 2.81. The molecule has 2 N–H and O–H groups in total. The number of rotatable bonds is 4. The van der Waals surface area contributed by atoms with E-state index in [9.17, 15) is 18.0 Å². The summed E-state index contributed by atoms with van der Waals surface area (Å²) in [4.78, 5) is 16.5. The summed E-state index contributed by atoms with van der Waals surface area (Å²) in [6.45, 7) is 7.18. The highest BCUT2D eigenvalue weighted by atomic mass is 19.4. The van der Waals surface area contributed by atoms with Crippen LogP contribution in [0.25, 0.3) is 0 Å². The molecule has 27 heavy (non-hydrogen) atoms. The van der Waals surface area contributed by atoms with Gasteiger partial charge in [0, 0.05) is 31.9 Å². The number of aryl methyl sites for hydroxylation is 2. The van der Waals surface area contributed by atoms with E-state index in [0.29, 0.717) is 5.69 Å². The standard InChI is InChI=1S/C18H22F3N5O/c1-12-17(13(2)24-23-12)26-9-7-25(8-10-26)11-16(27)22-15-5-3-14(4-6-15)18(19,20)21/h3-6H,7-11H2,1-2H3,(H,22,27)(H,23,24). The molecule has 1 aliphatic rings. The van der Waals surface area contributed by atoms with Gasteiger partial charge in [-0.2, -0.15) is 18.3 Å². The topological polar surface area (TPSA) is 64.3 Å². The lowest BCUT2D eigenvalue weighted by Crippen LogP contribution is -2.49. The molecule has 2 aromatic rings. The van der Waals surface area contributed by atoms with Crippen LogP contribution in [0.15, 0.2) is 24.3 Å². The highest BCUT2D eigenvalue weighted by molar-refractivity contribution is 5.92. The van der Waals surface area contributed by atoms with Crippen molar-refractivity contribution < 1.29 is 18.0 Å². The Balaban J connectivity index is 1.50. The second-order valence-electron chi connectivity index (χ2n) is 6.67. The number of halogens is 3. The SMILES string of the molecule is Cc1n[nH]c(C)c1N1CCN(CC(=O)Nc2ccc(C(F)(F)F)cc2)CC1. The van der Waals surface area contributed by atoms with Gasteiger partial charge in [0.25, 0.3) is 0 Å². The highest BCUT2D eigenvalue weighted by Gasteiger charge is 2.30. The Labute approximate surface area is 155 Å². The summed E-state index contributed by atoms with van der Waals surface area (Å²) >= 11 is 0. The third-order valence-electron chi connectivity index (χ3n) is 4.64. The number of alkyl halides is 3. The van der Waals surface area contributed by atoms with Crippen molar-refractivity contribution in [1.82, 2.24) is 15.1 Å². The number of H-pyrrole nitrogens is 1. The average molecular weight is 381 g/mol. The van der Waals surface area contributed by atoms with Crippen LogP contribution in [0.3, 0.4) is 0 Å². The molecule has 1 aliphatic heterocycles. The van der Waals surface area contributed by atoms with Crippen LogP contribution >= 0.6 is 0 Å². The van der Waals surface area contributed by atoms with Gasteiger partial charge in [-0.15, -0.1) is 0 Å². The quantitative estimate of drug-likeness (QED) is 0.855. The Morgan fingerprint density at radius 2 is 1.78 bits per heavy atom. The van der Waals surface area contributed by atoms with Crippen LogP contribution in [0, 0.1) is 13.8 Å². The minimum absolute atomic E-state index is 0.207. The minimum Gasteiger partial charge on any atom is -0.366 e. The monoisotopic (exact) mass is 381 g/mol. The molecule has 3 rings (SSSR count). The minimum atomic E-state index is -4.38. The normalized spacial score (nSPS) is 15.8. The number of hydrogen-bond acceptors (Lipinski definition) is 4. The highest BCUT2D eigenvalue weighted by Crippen LogP contribution is 2.29. The van der Waals surface area contributed by atoms with Crippen molar-refractivity contribution in [2.24, 2.45) is 0 Å². The number of nitrogens with one attached hydrogen (secondary N) is 2. The number of amides is 1. The fourth-order valence-electron chi connectivity index (χ4n) is 3.29. The summed E-state index contributed by atoms with van der Waals surface area (Å²) in [6, 6.07) is 4.46. The van der Waals surface area contributed by atoms with Crippen LogP contribution in [-0.2, 0) is 11.0 Å². The molecule has 9 heteroatoms. The van der Waals surface area contributed by atoms with Gasteiger partial charge >= 0.3 is 6.18 Å². The molecule has 1 amide bonds. The van der Waals surface area contributed by atoms with Gasteiger partial charge in [-0.1, -0.05) is 0 Å². The van der Waals surface area contributed by atoms with Gasteiger partial charge in [0.1, 0.15) is 0 Å². The van der Waals surface area contributed by atoms with Crippen LogP contribution in [-0.4, -0.2) is 53.7 Å². The van der Waals surface area contributed by atoms with E-state index < -0.39 is 11.7 Å². The average Bonchev–Trinajstić information content (AvgIpc) is 2.94. The smallest absolute Gasteiger partial charge is 0.366 e. The molecular formula is C18H22F3N5O. The molecule has 6 nitrogen and oxygen atoms in total. The second-order valence-corrected chi connectivity index (χ2v) is 6.67. The fourth-order valence-corrected chi connectivity index (χ4v) is 3.29. The summed E-state index contributed by atoms with van der Waals surface area (Å²) in [5.74, 6) is -0.237. The number of carbonyl (C=O) groups is 1. The van der Waals surface area contributed by atoms with Gasteiger partial charge in [-0.05, 0) is 38.1 Å². The van der Waals surface area contributed by atoms with Crippen molar-refractivity contribution in [2.45, 2.75) is 20.0 Å². The molecule has 0 spiro atoms. The molecule has 1 aromatic heterocycles. The van der Waals surface area contributed by atoms with Gasteiger partial charge in [0.05, 0.1) is 29.2 Å². The fraction of sp³-hybridized carbons (Fsp3) is 0.444. The first-order chi connectivity index (χ1) is 12.7. The number of nitrogens with zero attached hydrogens (tertiary/aromatic N) is 3. The van der Waals surface area contributed by atoms with Crippen molar-refractivity contribution in [2.75, 3.05) is 42.9 Å². The molecule has 0 atom stereocenters. The Hall–Kier alpha value is -2.55. The van der Waals surface area contributed by atoms with Crippen molar-refractivity contribution in [3.05, 3.63) is 41.2 Å². The van der Waals surface area contributed by atoms with Gasteiger partial charge in [0.2, 0.25) is 5.91 Å². The molecule has 146 valence electrons. The van der Waals surface area contributed by atoms with Crippen molar-refractivity contribution >= 4 is 17.3 Å². The summed E-state index contributed by atoms with van der Waals surface area (Å²) in [5, 5.41) is 9.84. The Kier molecular flexibility index (Phi) is 5.41. The first-order valence-electron chi connectivity index (χ1n) is 8.70. The van der Waals surface area contributed by atoms with Crippen molar-refractivity contribution in [3.8, 4) is 0 Å². The molecule has 0 unspecified atom stereocenters. The van der Waals surface area contributed by atoms with Crippen LogP contribution in [0.2, 0.25) is 0 Å². The van der Waals surface area contributed by atoms with E-state index in [1.165, 1.54) is 12.1 Å². The lowest BCUT2D eigenvalue weighted by molar-refractivity contribution is -0.137. The number of piperazine rings is 1. The van der Waals surface area contributed by atoms with E-state index in [0.717, 1.165) is 55.4 Å². The number of anilines is 2. The maximum atomic E-state index is 12.6. The van der Waals surface area contributed by atoms with E-state index in [2.05, 4.69) is 20.4 Å². The first kappa shape index (κ1) is 19.2. The lowest BCUT2D eigenvalue weighted by Gasteiger charge is -2.35. The third-order valence-corrected chi connectivity index (χ3v) is 4.64. The largest absolute Gasteiger partial charge is 0.416 e. The van der Waals surface area contributed by atoms with Gasteiger partial charge in [-0.3, -0.25) is 14.8 Å².